The van der Waals surface area contributed by atoms with E-state index in [0.717, 1.165) is 6.42 Å². The minimum Gasteiger partial charge on any atom is -0.450 e. The third-order valence-corrected chi connectivity index (χ3v) is 0.749. The number of hydrogen-bond acceptors (Lipinski definition) is 3. The average molecular weight is 142 g/mol. The first-order valence-corrected chi connectivity index (χ1v) is 3.08. The van der Waals surface area contributed by atoms with Gasteiger partial charge in [0.1, 0.15) is 6.54 Å². The summed E-state index contributed by atoms with van der Waals surface area (Å²) in [6.45, 7) is 2.30. The van der Waals surface area contributed by atoms with Gasteiger partial charge in [-0.2, -0.15) is 5.26 Å². The summed E-state index contributed by atoms with van der Waals surface area (Å²) in [5.41, 5.74) is 0. The number of rotatable bonds is 3. The zero-order chi connectivity index (χ0) is 7.82. The quantitative estimate of drug-likeness (QED) is 0.588. The van der Waals surface area contributed by atoms with Gasteiger partial charge < -0.3 is 10.1 Å². The van der Waals surface area contributed by atoms with Crippen molar-refractivity contribution in [1.29, 1.82) is 5.26 Å². The van der Waals surface area contributed by atoms with Crippen molar-refractivity contribution < 1.29 is 9.53 Å². The lowest BCUT2D eigenvalue weighted by Gasteiger charge is -2.00. The van der Waals surface area contributed by atoms with Crippen LogP contribution in [0, 0.1) is 11.3 Å². The Morgan fingerprint density at radius 1 is 1.80 bits per heavy atom. The molecule has 0 fully saturated rings. The first kappa shape index (κ1) is 8.76. The van der Waals surface area contributed by atoms with Crippen LogP contribution in [0.15, 0.2) is 0 Å². The molecule has 0 aliphatic rings. The van der Waals surface area contributed by atoms with Crippen LogP contribution in [-0.4, -0.2) is 19.2 Å². The molecule has 0 atom stereocenters. The van der Waals surface area contributed by atoms with Crippen molar-refractivity contribution in [3.63, 3.8) is 0 Å². The van der Waals surface area contributed by atoms with Crippen molar-refractivity contribution in [3.05, 3.63) is 0 Å². The monoisotopic (exact) mass is 142 g/mol. The number of nitrogens with zero attached hydrogens (tertiary/aromatic N) is 1. The van der Waals surface area contributed by atoms with Crippen LogP contribution >= 0.6 is 0 Å². The molecule has 0 radical (unpaired) electrons. The molecule has 0 rings (SSSR count). The highest BCUT2D eigenvalue weighted by Crippen LogP contribution is 1.80. The summed E-state index contributed by atoms with van der Waals surface area (Å²) in [7, 11) is 0. The normalized spacial score (nSPS) is 8.00. The van der Waals surface area contributed by atoms with Crippen LogP contribution in [0.1, 0.15) is 13.3 Å². The molecule has 10 heavy (non-hydrogen) atoms. The van der Waals surface area contributed by atoms with Crippen molar-refractivity contribution in [1.82, 2.24) is 5.32 Å². The number of amides is 1. The molecule has 0 aromatic rings. The van der Waals surface area contributed by atoms with E-state index in [4.69, 9.17) is 5.26 Å². The van der Waals surface area contributed by atoms with E-state index in [0.29, 0.717) is 6.61 Å². The molecule has 0 aromatic carbocycles. The Morgan fingerprint density at radius 3 is 3.00 bits per heavy atom. The summed E-state index contributed by atoms with van der Waals surface area (Å²) in [5, 5.41) is 10.3. The lowest BCUT2D eigenvalue weighted by atomic mass is 10.5. The highest BCUT2D eigenvalue weighted by Gasteiger charge is 1.96. The second-order valence-electron chi connectivity index (χ2n) is 1.65. The van der Waals surface area contributed by atoms with Crippen LogP contribution in [-0.2, 0) is 4.74 Å². The van der Waals surface area contributed by atoms with Crippen LogP contribution < -0.4 is 5.32 Å². The molecule has 0 unspecified atom stereocenters. The number of nitrogens with one attached hydrogen (secondary N) is 1. The third kappa shape index (κ3) is 4.91. The van der Waals surface area contributed by atoms with Crippen LogP contribution in [0.25, 0.3) is 0 Å². The van der Waals surface area contributed by atoms with Gasteiger partial charge in [0.05, 0.1) is 12.7 Å². The number of nitriles is 1. The van der Waals surface area contributed by atoms with Crippen LogP contribution in [0.2, 0.25) is 0 Å². The molecular formula is C6H10N2O2. The van der Waals surface area contributed by atoms with Crippen molar-refractivity contribution in [2.24, 2.45) is 0 Å². The predicted octanol–water partition coefficient (Wildman–Crippen LogP) is 0.646. The minimum atomic E-state index is -0.525. The minimum absolute atomic E-state index is 0.00253. The second-order valence-corrected chi connectivity index (χ2v) is 1.65. The lowest BCUT2D eigenvalue weighted by molar-refractivity contribution is 0.147. The van der Waals surface area contributed by atoms with E-state index in [1.54, 1.807) is 6.07 Å². The van der Waals surface area contributed by atoms with Gasteiger partial charge in [0, 0.05) is 0 Å². The van der Waals surface area contributed by atoms with Crippen molar-refractivity contribution in [2.75, 3.05) is 13.2 Å². The number of alkyl carbamates (subject to hydrolysis) is 1. The van der Waals surface area contributed by atoms with E-state index in [1.807, 2.05) is 6.92 Å². The summed E-state index contributed by atoms with van der Waals surface area (Å²) in [4.78, 5) is 10.5. The molecule has 56 valence electrons. The average Bonchev–Trinajstić information content (AvgIpc) is 1.97. The standard InChI is InChI=1S/C6H10N2O2/c1-2-5-10-6(9)8-4-3-7/h2,4-5H2,1H3,(H,8,9). The molecule has 0 bridgehead atoms. The van der Waals surface area contributed by atoms with Crippen LogP contribution in [0.3, 0.4) is 0 Å². The SMILES string of the molecule is CCCOC(=O)NCC#N. The highest BCUT2D eigenvalue weighted by atomic mass is 16.5. The van der Waals surface area contributed by atoms with Crippen LogP contribution in [0.4, 0.5) is 4.79 Å². The van der Waals surface area contributed by atoms with Gasteiger partial charge >= 0.3 is 6.09 Å². The summed E-state index contributed by atoms with van der Waals surface area (Å²) in [5.74, 6) is 0. The van der Waals surface area contributed by atoms with Crippen LogP contribution in [0.5, 0.6) is 0 Å². The number of ether oxygens (including phenoxy) is 1. The molecule has 0 saturated heterocycles. The molecule has 0 aliphatic heterocycles. The molecule has 0 spiro atoms. The Morgan fingerprint density at radius 2 is 2.50 bits per heavy atom. The van der Waals surface area contributed by atoms with Gasteiger partial charge in [-0.1, -0.05) is 6.92 Å². The van der Waals surface area contributed by atoms with E-state index in [2.05, 4.69) is 10.1 Å². The summed E-state index contributed by atoms with van der Waals surface area (Å²) < 4.78 is 4.59. The van der Waals surface area contributed by atoms with E-state index < -0.39 is 6.09 Å². The Balaban J connectivity index is 3.19. The highest BCUT2D eigenvalue weighted by molar-refractivity contribution is 5.67. The van der Waals surface area contributed by atoms with Gasteiger partial charge in [0.25, 0.3) is 0 Å². The molecule has 4 heteroatoms. The summed E-state index contributed by atoms with van der Waals surface area (Å²) >= 11 is 0. The molecule has 0 aromatic heterocycles. The Hall–Kier alpha value is -1.24. The van der Waals surface area contributed by atoms with Gasteiger partial charge in [-0.15, -0.1) is 0 Å². The molecule has 1 N–H and O–H groups in total. The van der Waals surface area contributed by atoms with Gasteiger partial charge in [-0.25, -0.2) is 4.79 Å². The van der Waals surface area contributed by atoms with Crippen molar-refractivity contribution >= 4 is 6.09 Å². The van der Waals surface area contributed by atoms with Crippen molar-refractivity contribution in [3.8, 4) is 6.07 Å². The van der Waals surface area contributed by atoms with E-state index in [-0.39, 0.29) is 6.54 Å². The Bertz CT molecular complexity index is 139. The summed E-state index contributed by atoms with van der Waals surface area (Å²) in [6, 6.07) is 1.76. The topological polar surface area (TPSA) is 62.1 Å². The maximum atomic E-state index is 10.5. The van der Waals surface area contributed by atoms with E-state index >= 15 is 0 Å². The van der Waals surface area contributed by atoms with E-state index in [1.165, 1.54) is 0 Å². The smallest absolute Gasteiger partial charge is 0.407 e. The second kappa shape index (κ2) is 5.89. The molecular weight excluding hydrogens is 132 g/mol. The maximum absolute atomic E-state index is 10.5. The molecule has 0 aliphatic carbocycles. The van der Waals surface area contributed by atoms with Crippen molar-refractivity contribution in [2.45, 2.75) is 13.3 Å². The fraction of sp³-hybridized carbons (Fsp3) is 0.667. The van der Waals surface area contributed by atoms with Gasteiger partial charge in [0.2, 0.25) is 0 Å². The zero-order valence-electron chi connectivity index (χ0n) is 5.89. The fourth-order valence-electron chi connectivity index (χ4n) is 0.357. The molecule has 0 heterocycles. The third-order valence-electron chi connectivity index (χ3n) is 0.749. The van der Waals surface area contributed by atoms with Gasteiger partial charge in [0.15, 0.2) is 0 Å². The first-order chi connectivity index (χ1) is 4.81. The first-order valence-electron chi connectivity index (χ1n) is 3.08. The largest absolute Gasteiger partial charge is 0.450 e. The molecule has 1 amide bonds. The fourth-order valence-corrected chi connectivity index (χ4v) is 0.357. The van der Waals surface area contributed by atoms with Gasteiger partial charge in [-0.05, 0) is 6.42 Å². The Kier molecular flexibility index (Phi) is 5.16. The maximum Gasteiger partial charge on any atom is 0.407 e. The number of carbonyl (C=O) groups is 1. The predicted molar refractivity (Wildman–Crippen MR) is 35.3 cm³/mol. The Labute approximate surface area is 59.8 Å². The zero-order valence-corrected chi connectivity index (χ0v) is 5.89. The molecule has 0 saturated carbocycles. The lowest BCUT2D eigenvalue weighted by Crippen LogP contribution is -2.24. The van der Waals surface area contributed by atoms with E-state index in [9.17, 15) is 4.79 Å². The number of hydrogen-bond donors (Lipinski definition) is 1. The van der Waals surface area contributed by atoms with Gasteiger partial charge in [-0.3, -0.25) is 0 Å². The summed E-state index contributed by atoms with van der Waals surface area (Å²) in [6.07, 6.45) is 0.267. The molecule has 4 nitrogen and oxygen atoms in total. The number of carbonyl (C=O) groups excluding carboxylic acids is 1.